The van der Waals surface area contributed by atoms with Crippen LogP contribution in [-0.2, 0) is 17.1 Å². The number of benzene rings is 1. The van der Waals surface area contributed by atoms with Gasteiger partial charge in [0.05, 0.1) is 25.2 Å². The predicted octanol–water partition coefficient (Wildman–Crippen LogP) is -2.62. The van der Waals surface area contributed by atoms with Gasteiger partial charge in [-0.25, -0.2) is 0 Å². The van der Waals surface area contributed by atoms with Gasteiger partial charge in [-0.1, -0.05) is 24.3 Å². The molecule has 0 aliphatic heterocycles. The first-order valence-electron chi connectivity index (χ1n) is 4.27. The Morgan fingerprint density at radius 2 is 1.12 bits per heavy atom. The molecule has 17 heavy (non-hydrogen) atoms. The molecule has 0 aromatic heterocycles. The third-order valence-corrected chi connectivity index (χ3v) is 1.46. The van der Waals surface area contributed by atoms with E-state index < -0.39 is 11.9 Å². The third kappa shape index (κ3) is 7.48. The topological polar surface area (TPSA) is 121 Å². The molecule has 97 valence electrons. The number of aliphatic hydroxyl groups excluding tert-OH is 2. The summed E-state index contributed by atoms with van der Waals surface area (Å²) in [6, 6.07) is 4.61. The maximum Gasteiger partial charge on any atom is 2.00 e. The number of rotatable bonds is 3. The van der Waals surface area contributed by atoms with E-state index in [0.29, 0.717) is 0 Å². The predicted molar refractivity (Wildman–Crippen MR) is 49.3 cm³/mol. The van der Waals surface area contributed by atoms with E-state index in [-0.39, 0.29) is 41.4 Å². The van der Waals surface area contributed by atoms with Crippen molar-refractivity contribution in [3.8, 4) is 0 Å². The minimum Gasteiger partial charge on any atom is -0.545 e. The Labute approximate surface area is 108 Å². The SMILES string of the molecule is O=C([O-])c1ccc(C(=O)[O-])cc1.OCCO.[Cu+2]. The summed E-state index contributed by atoms with van der Waals surface area (Å²) < 4.78 is 0. The van der Waals surface area contributed by atoms with E-state index in [4.69, 9.17) is 10.2 Å². The van der Waals surface area contributed by atoms with Crippen molar-refractivity contribution in [3.05, 3.63) is 35.4 Å². The average molecular weight is 290 g/mol. The van der Waals surface area contributed by atoms with Crippen molar-refractivity contribution in [3.63, 3.8) is 0 Å². The maximum atomic E-state index is 10.2. The van der Waals surface area contributed by atoms with Crippen LogP contribution in [0.5, 0.6) is 0 Å². The van der Waals surface area contributed by atoms with E-state index in [2.05, 4.69) is 0 Å². The third-order valence-electron chi connectivity index (χ3n) is 1.46. The maximum absolute atomic E-state index is 10.2. The van der Waals surface area contributed by atoms with Crippen molar-refractivity contribution in [1.82, 2.24) is 0 Å². The molecule has 1 rings (SSSR count). The number of carbonyl (C=O) groups is 2. The van der Waals surface area contributed by atoms with Crippen molar-refractivity contribution in [1.29, 1.82) is 0 Å². The molecule has 1 aromatic carbocycles. The summed E-state index contributed by atoms with van der Waals surface area (Å²) in [7, 11) is 0. The molecule has 0 spiro atoms. The number of hydrogen-bond donors (Lipinski definition) is 2. The zero-order valence-corrected chi connectivity index (χ0v) is 9.49. The molecule has 0 unspecified atom stereocenters. The van der Waals surface area contributed by atoms with E-state index in [1.54, 1.807) is 0 Å². The Bertz CT molecular complexity index is 313. The van der Waals surface area contributed by atoms with Crippen LogP contribution in [0.2, 0.25) is 0 Å². The molecule has 0 bridgehead atoms. The molecule has 6 nitrogen and oxygen atoms in total. The van der Waals surface area contributed by atoms with Crippen molar-refractivity contribution < 1.29 is 47.1 Å². The van der Waals surface area contributed by atoms with Gasteiger partial charge in [-0.15, -0.1) is 0 Å². The molecular weight excluding hydrogens is 280 g/mol. The van der Waals surface area contributed by atoms with Crippen LogP contribution >= 0.6 is 0 Å². The van der Waals surface area contributed by atoms with Gasteiger partial charge in [0.2, 0.25) is 0 Å². The van der Waals surface area contributed by atoms with Crippen LogP contribution in [0.25, 0.3) is 0 Å². The Kier molecular flexibility index (Phi) is 10.4. The van der Waals surface area contributed by atoms with Gasteiger partial charge >= 0.3 is 17.1 Å². The fourth-order valence-electron chi connectivity index (χ4n) is 0.742. The number of aliphatic hydroxyl groups is 2. The second-order valence-electron chi connectivity index (χ2n) is 2.60. The molecule has 0 aliphatic carbocycles. The normalized spacial score (nSPS) is 8.35. The second kappa shape index (κ2) is 9.80. The van der Waals surface area contributed by atoms with Gasteiger partial charge in [-0.2, -0.15) is 0 Å². The first kappa shape index (κ1) is 18.0. The van der Waals surface area contributed by atoms with Crippen LogP contribution in [0.1, 0.15) is 20.7 Å². The number of carbonyl (C=O) groups excluding carboxylic acids is 2. The number of carboxylic acids is 2. The zero-order valence-electron chi connectivity index (χ0n) is 8.55. The Morgan fingerprint density at radius 1 is 0.882 bits per heavy atom. The van der Waals surface area contributed by atoms with E-state index >= 15 is 0 Å². The van der Waals surface area contributed by atoms with Gasteiger partial charge in [0.1, 0.15) is 0 Å². The summed E-state index contributed by atoms with van der Waals surface area (Å²) in [6.07, 6.45) is 0. The summed E-state index contributed by atoms with van der Waals surface area (Å²) in [5.41, 5.74) is -0.111. The van der Waals surface area contributed by atoms with Crippen LogP contribution in [0, 0.1) is 0 Å². The number of hydrogen-bond acceptors (Lipinski definition) is 6. The summed E-state index contributed by atoms with van der Waals surface area (Å²) >= 11 is 0. The molecule has 0 aliphatic rings. The van der Waals surface area contributed by atoms with E-state index in [9.17, 15) is 19.8 Å². The molecule has 0 saturated carbocycles. The molecular formula is C10H10CuO6. The minimum atomic E-state index is -1.33. The summed E-state index contributed by atoms with van der Waals surface area (Å²) in [4.78, 5) is 20.4. The molecule has 0 atom stereocenters. The summed E-state index contributed by atoms with van der Waals surface area (Å²) in [6.45, 7) is -0.250. The zero-order chi connectivity index (χ0) is 12.6. The Balaban J connectivity index is 0. The van der Waals surface area contributed by atoms with Crippen LogP contribution < -0.4 is 10.2 Å². The van der Waals surface area contributed by atoms with Crippen LogP contribution in [0.15, 0.2) is 24.3 Å². The first-order valence-corrected chi connectivity index (χ1v) is 4.27. The average Bonchev–Trinajstić information content (AvgIpc) is 2.29. The van der Waals surface area contributed by atoms with Gasteiger partial charge < -0.3 is 30.0 Å². The number of aromatic carboxylic acids is 2. The van der Waals surface area contributed by atoms with Gasteiger partial charge in [0.15, 0.2) is 0 Å². The van der Waals surface area contributed by atoms with Crippen molar-refractivity contribution in [2.75, 3.05) is 13.2 Å². The Hall–Kier alpha value is -1.40. The molecule has 0 fully saturated rings. The van der Waals surface area contributed by atoms with E-state index in [0.717, 1.165) is 24.3 Å². The molecule has 1 aromatic rings. The molecule has 2 N–H and O–H groups in total. The first-order chi connectivity index (χ1) is 7.52. The van der Waals surface area contributed by atoms with Crippen molar-refractivity contribution in [2.24, 2.45) is 0 Å². The van der Waals surface area contributed by atoms with Gasteiger partial charge in [-0.3, -0.25) is 0 Å². The smallest absolute Gasteiger partial charge is 0.545 e. The molecule has 7 heteroatoms. The summed E-state index contributed by atoms with van der Waals surface area (Å²) in [5.74, 6) is -2.67. The van der Waals surface area contributed by atoms with Gasteiger partial charge in [0.25, 0.3) is 0 Å². The molecule has 1 radical (unpaired) electrons. The molecule has 0 amide bonds. The quantitative estimate of drug-likeness (QED) is 0.588. The van der Waals surface area contributed by atoms with Crippen LogP contribution in [0.3, 0.4) is 0 Å². The van der Waals surface area contributed by atoms with Crippen LogP contribution in [-0.4, -0.2) is 35.4 Å². The minimum absolute atomic E-state index is 0. The number of carboxylic acid groups (broad SMARTS) is 2. The fraction of sp³-hybridized carbons (Fsp3) is 0.200. The van der Waals surface area contributed by atoms with Gasteiger partial charge in [-0.05, 0) is 11.1 Å². The summed E-state index contributed by atoms with van der Waals surface area (Å²) in [5, 5.41) is 35.7. The van der Waals surface area contributed by atoms with Crippen molar-refractivity contribution in [2.45, 2.75) is 0 Å². The molecule has 0 heterocycles. The second-order valence-corrected chi connectivity index (χ2v) is 2.60. The van der Waals surface area contributed by atoms with Gasteiger partial charge in [0, 0.05) is 0 Å². The largest absolute Gasteiger partial charge is 2.00 e. The fourth-order valence-corrected chi connectivity index (χ4v) is 0.742. The van der Waals surface area contributed by atoms with Crippen LogP contribution in [0.4, 0.5) is 0 Å². The van der Waals surface area contributed by atoms with Crippen molar-refractivity contribution >= 4 is 11.9 Å². The van der Waals surface area contributed by atoms with E-state index in [1.807, 2.05) is 0 Å². The van der Waals surface area contributed by atoms with E-state index in [1.165, 1.54) is 0 Å². The monoisotopic (exact) mass is 289 g/mol. The Morgan fingerprint density at radius 3 is 1.24 bits per heavy atom. The standard InChI is InChI=1S/C8H6O4.C2H6O2.Cu/c9-7(10)5-1-2-6(4-3-5)8(11)12;3-1-2-4;/h1-4H,(H,9,10)(H,11,12);3-4H,1-2H2;/q;;+2/p-2. The molecule has 0 saturated heterocycles.